The molecule has 0 radical (unpaired) electrons. The van der Waals surface area contributed by atoms with Gasteiger partial charge in [-0.05, 0) is 50.7 Å². The normalized spacial score (nSPS) is 12.5. The average Bonchev–Trinajstić information content (AvgIpc) is 2.63. The molecule has 0 aromatic carbocycles. The third-order valence-corrected chi connectivity index (χ3v) is 4.12. The fraction of sp³-hybridized carbons (Fsp3) is 0.650. The minimum atomic E-state index is -0.540. The van der Waals surface area contributed by atoms with Gasteiger partial charge in [-0.15, -0.1) is 0 Å². The Bertz CT molecular complexity index is 538. The molecule has 0 aromatic rings. The maximum absolute atomic E-state index is 11.2. The monoisotopic (exact) mass is 380 g/mol. The number of aldehydes is 1. The van der Waals surface area contributed by atoms with Crippen LogP contribution in [0.2, 0.25) is 0 Å². The fourth-order valence-electron chi connectivity index (χ4n) is 2.53. The summed E-state index contributed by atoms with van der Waals surface area (Å²) in [5.41, 5.74) is -0.264. The average molecular weight is 380 g/mol. The van der Waals surface area contributed by atoms with Gasteiger partial charge in [0.05, 0.1) is 9.85 Å². The zero-order chi connectivity index (χ0) is 20.3. The van der Waals surface area contributed by atoms with E-state index in [0.717, 1.165) is 57.7 Å². The highest BCUT2D eigenvalue weighted by atomic mass is 16.6. The first kappa shape index (κ1) is 24.7. The third kappa shape index (κ3) is 14.5. The molecule has 0 N–H and O–H groups in total. The second-order valence-corrected chi connectivity index (χ2v) is 6.44. The maximum Gasteiger partial charge on any atom is 0.253 e. The molecule has 0 amide bonds. The first-order valence-electron chi connectivity index (χ1n) is 9.78. The molecule has 0 fully saturated rings. The van der Waals surface area contributed by atoms with E-state index < -0.39 is 9.85 Å². The minimum absolute atomic E-state index is 0.127. The molecule has 0 heterocycles. The molecule has 0 aromatic heterocycles. The largest absolute Gasteiger partial charge is 0.303 e. The number of nitrogens with zero attached hydrogens (tertiary/aromatic N) is 2. The minimum Gasteiger partial charge on any atom is -0.303 e. The summed E-state index contributed by atoms with van der Waals surface area (Å²) in [6, 6.07) is 0. The Morgan fingerprint density at radius 1 is 0.778 bits per heavy atom. The van der Waals surface area contributed by atoms with Gasteiger partial charge in [0.15, 0.2) is 0 Å². The summed E-state index contributed by atoms with van der Waals surface area (Å²) in [5.74, 6) is 0. The number of nitro groups is 2. The van der Waals surface area contributed by atoms with Crippen molar-refractivity contribution in [2.24, 2.45) is 0 Å². The zero-order valence-electron chi connectivity index (χ0n) is 16.3. The number of allylic oxidation sites excluding steroid dienone is 4. The van der Waals surface area contributed by atoms with Gasteiger partial charge in [-0.1, -0.05) is 44.8 Å². The number of carbonyl (C=O) groups excluding carboxylic acids is 1. The van der Waals surface area contributed by atoms with Gasteiger partial charge in [0.1, 0.15) is 12.7 Å². The summed E-state index contributed by atoms with van der Waals surface area (Å²) in [7, 11) is 0. The Morgan fingerprint density at radius 2 is 1.37 bits per heavy atom. The summed E-state index contributed by atoms with van der Waals surface area (Å²) in [6.45, 7) is 2.13. The first-order chi connectivity index (χ1) is 13.0. The van der Waals surface area contributed by atoms with Gasteiger partial charge in [0.2, 0.25) is 0 Å². The standard InChI is InChI=1S/C20H32N2O5/c1-2-3-4-5-6-9-12-15-19(21(24)25)18-20(22(26)27)16-13-10-7-8-11-14-17-23/h6,9,15-17H,2-5,7-8,10-14,18H2,1H3/b9-6-,19-15+,20-16+. The highest BCUT2D eigenvalue weighted by Gasteiger charge is 2.20. The van der Waals surface area contributed by atoms with E-state index >= 15 is 0 Å². The molecule has 0 unspecified atom stereocenters. The molecule has 0 bridgehead atoms. The lowest BCUT2D eigenvalue weighted by atomic mass is 10.1. The second kappa shape index (κ2) is 17.1. The van der Waals surface area contributed by atoms with E-state index in [1.54, 1.807) is 0 Å². The van der Waals surface area contributed by atoms with Crippen molar-refractivity contribution in [1.82, 2.24) is 0 Å². The number of hydrogen-bond donors (Lipinski definition) is 0. The van der Waals surface area contributed by atoms with Crippen molar-refractivity contribution in [3.05, 3.63) is 55.9 Å². The topological polar surface area (TPSA) is 103 Å². The molecule has 0 saturated heterocycles. The summed E-state index contributed by atoms with van der Waals surface area (Å²) >= 11 is 0. The van der Waals surface area contributed by atoms with Crippen molar-refractivity contribution < 1.29 is 14.6 Å². The molecule has 7 heteroatoms. The van der Waals surface area contributed by atoms with Crippen molar-refractivity contribution in [2.75, 3.05) is 0 Å². The predicted octanol–water partition coefficient (Wildman–Crippen LogP) is 5.76. The quantitative estimate of drug-likeness (QED) is 0.105. The Labute approximate surface area is 161 Å². The van der Waals surface area contributed by atoms with Crippen LogP contribution in [0.5, 0.6) is 0 Å². The molecule has 0 aliphatic carbocycles. The van der Waals surface area contributed by atoms with Crippen LogP contribution in [0.15, 0.2) is 35.7 Å². The van der Waals surface area contributed by atoms with Crippen LogP contribution >= 0.6 is 0 Å². The molecule has 0 spiro atoms. The van der Waals surface area contributed by atoms with Crippen LogP contribution in [0.1, 0.15) is 84.0 Å². The van der Waals surface area contributed by atoms with Gasteiger partial charge in [0.25, 0.3) is 11.4 Å². The Morgan fingerprint density at radius 3 is 1.96 bits per heavy atom. The van der Waals surface area contributed by atoms with Gasteiger partial charge >= 0.3 is 0 Å². The molecule has 27 heavy (non-hydrogen) atoms. The van der Waals surface area contributed by atoms with E-state index in [1.807, 2.05) is 12.2 Å². The number of unbranched alkanes of at least 4 members (excludes halogenated alkanes) is 8. The SMILES string of the molecule is CCCCC/C=C\C/C=C(\C/C(=C\CCCCCCC=O)[N+](=O)[O-])[N+](=O)[O-]. The molecule has 0 aliphatic rings. The number of hydrogen-bond acceptors (Lipinski definition) is 5. The molecular weight excluding hydrogens is 348 g/mol. The van der Waals surface area contributed by atoms with Gasteiger partial charge in [-0.3, -0.25) is 20.2 Å². The first-order valence-corrected chi connectivity index (χ1v) is 9.78. The molecular formula is C20H32N2O5. The molecule has 0 saturated carbocycles. The summed E-state index contributed by atoms with van der Waals surface area (Å²) in [6.07, 6.45) is 16.6. The lowest BCUT2D eigenvalue weighted by molar-refractivity contribution is -0.450. The van der Waals surface area contributed by atoms with Gasteiger partial charge in [-0.2, -0.15) is 0 Å². The Hall–Kier alpha value is -2.31. The maximum atomic E-state index is 11.2. The van der Waals surface area contributed by atoms with Crippen LogP contribution in [0.3, 0.4) is 0 Å². The van der Waals surface area contributed by atoms with Crippen molar-refractivity contribution in [2.45, 2.75) is 84.0 Å². The van der Waals surface area contributed by atoms with Crippen LogP contribution in [-0.4, -0.2) is 16.1 Å². The molecule has 0 rings (SSSR count). The molecule has 0 atom stereocenters. The second-order valence-electron chi connectivity index (χ2n) is 6.44. The lowest BCUT2D eigenvalue weighted by Crippen LogP contribution is -2.06. The van der Waals surface area contributed by atoms with Crippen LogP contribution in [0.4, 0.5) is 0 Å². The van der Waals surface area contributed by atoms with Crippen LogP contribution in [0.25, 0.3) is 0 Å². The lowest BCUT2D eigenvalue weighted by Gasteiger charge is -2.00. The highest BCUT2D eigenvalue weighted by molar-refractivity contribution is 5.48. The fourth-order valence-corrected chi connectivity index (χ4v) is 2.53. The molecule has 152 valence electrons. The number of rotatable bonds is 17. The summed E-state index contributed by atoms with van der Waals surface area (Å²) in [5, 5.41) is 22.3. The van der Waals surface area contributed by atoms with Gasteiger partial charge < -0.3 is 4.79 Å². The smallest absolute Gasteiger partial charge is 0.253 e. The van der Waals surface area contributed by atoms with Gasteiger partial charge in [-0.25, -0.2) is 0 Å². The third-order valence-electron chi connectivity index (χ3n) is 4.12. The van der Waals surface area contributed by atoms with E-state index in [2.05, 4.69) is 6.92 Å². The Balaban J connectivity index is 4.54. The van der Waals surface area contributed by atoms with Crippen molar-refractivity contribution in [3.63, 3.8) is 0 Å². The molecule has 7 nitrogen and oxygen atoms in total. The van der Waals surface area contributed by atoms with Crippen LogP contribution in [0, 0.1) is 20.2 Å². The highest BCUT2D eigenvalue weighted by Crippen LogP contribution is 2.16. The predicted molar refractivity (Wildman–Crippen MR) is 106 cm³/mol. The summed E-state index contributed by atoms with van der Waals surface area (Å²) < 4.78 is 0. The van der Waals surface area contributed by atoms with Crippen LogP contribution < -0.4 is 0 Å². The van der Waals surface area contributed by atoms with Gasteiger partial charge in [0, 0.05) is 6.42 Å². The van der Waals surface area contributed by atoms with Crippen molar-refractivity contribution in [1.29, 1.82) is 0 Å². The Kier molecular flexibility index (Phi) is 15.7. The van der Waals surface area contributed by atoms with E-state index in [1.165, 1.54) is 12.2 Å². The molecule has 0 aliphatic heterocycles. The van der Waals surface area contributed by atoms with E-state index in [4.69, 9.17) is 0 Å². The van der Waals surface area contributed by atoms with Crippen LogP contribution in [-0.2, 0) is 4.79 Å². The van der Waals surface area contributed by atoms with E-state index in [-0.39, 0.29) is 17.8 Å². The summed E-state index contributed by atoms with van der Waals surface area (Å²) in [4.78, 5) is 31.5. The van der Waals surface area contributed by atoms with E-state index in [9.17, 15) is 25.0 Å². The van der Waals surface area contributed by atoms with Crippen molar-refractivity contribution >= 4 is 6.29 Å². The zero-order valence-corrected chi connectivity index (χ0v) is 16.3. The van der Waals surface area contributed by atoms with E-state index in [0.29, 0.717) is 19.3 Å². The number of carbonyl (C=O) groups is 1. The van der Waals surface area contributed by atoms with Crippen molar-refractivity contribution in [3.8, 4) is 0 Å².